The van der Waals surface area contributed by atoms with E-state index in [1.165, 1.54) is 28.8 Å². The molecule has 0 aliphatic heterocycles. The molecule has 0 radical (unpaired) electrons. The monoisotopic (exact) mass is 348 g/mol. The minimum Gasteiger partial charge on any atom is -0.478 e. The Morgan fingerprint density at radius 2 is 1.84 bits per heavy atom. The molecule has 2 rings (SSSR count). The molecule has 10 nitrogen and oxygen atoms in total. The summed E-state index contributed by atoms with van der Waals surface area (Å²) in [5.74, 6) is -2.40. The average molecular weight is 348 g/mol. The van der Waals surface area contributed by atoms with Crippen LogP contribution in [0, 0.1) is 0 Å². The Kier molecular flexibility index (Phi) is 5.52. The van der Waals surface area contributed by atoms with Crippen LogP contribution in [0.2, 0.25) is 0 Å². The van der Waals surface area contributed by atoms with E-state index in [1.807, 2.05) is 13.8 Å². The topological polar surface area (TPSA) is 131 Å². The molecule has 0 spiro atoms. The van der Waals surface area contributed by atoms with Gasteiger partial charge in [0.1, 0.15) is 5.56 Å². The molecule has 0 saturated carbocycles. The van der Waals surface area contributed by atoms with E-state index in [9.17, 15) is 14.4 Å². The number of aromatic carboxylic acids is 1. The van der Waals surface area contributed by atoms with E-state index in [0.717, 1.165) is 6.42 Å². The Morgan fingerprint density at radius 1 is 1.12 bits per heavy atom. The largest absolute Gasteiger partial charge is 0.478 e. The van der Waals surface area contributed by atoms with E-state index >= 15 is 0 Å². The summed E-state index contributed by atoms with van der Waals surface area (Å²) in [7, 11) is 1.52. The van der Waals surface area contributed by atoms with Crippen molar-refractivity contribution in [2.75, 3.05) is 11.9 Å². The van der Waals surface area contributed by atoms with Gasteiger partial charge >= 0.3 is 5.97 Å². The van der Waals surface area contributed by atoms with Crippen LogP contribution >= 0.6 is 0 Å². The number of carboxylic acids is 1. The maximum Gasteiger partial charge on any atom is 0.339 e. The highest BCUT2D eigenvalue weighted by atomic mass is 16.4. The van der Waals surface area contributed by atoms with Crippen molar-refractivity contribution in [3.8, 4) is 0 Å². The number of carboxylic acid groups (broad SMARTS) is 1. The zero-order chi connectivity index (χ0) is 18.6. The molecule has 0 aliphatic carbocycles. The number of anilines is 1. The number of carbonyl (C=O) groups excluding carboxylic acids is 2. The second-order valence-electron chi connectivity index (χ2n) is 5.33. The fourth-order valence-electron chi connectivity index (χ4n) is 2.16. The lowest BCUT2D eigenvalue weighted by atomic mass is 10.2. The molecule has 2 aromatic rings. The van der Waals surface area contributed by atoms with Crippen molar-refractivity contribution < 1.29 is 19.5 Å². The highest BCUT2D eigenvalue weighted by Crippen LogP contribution is 2.16. The predicted molar refractivity (Wildman–Crippen MR) is 88.6 cm³/mol. The van der Waals surface area contributed by atoms with Gasteiger partial charge in [0.2, 0.25) is 0 Å². The molecule has 2 heterocycles. The van der Waals surface area contributed by atoms with E-state index in [1.54, 1.807) is 0 Å². The van der Waals surface area contributed by atoms with Crippen molar-refractivity contribution in [3.05, 3.63) is 29.3 Å². The molecule has 3 N–H and O–H groups in total. The fourth-order valence-corrected chi connectivity index (χ4v) is 2.16. The SMILES string of the molecule is CCCNC(=O)c1nn(CC)cc1NC(=O)c1nn(C)cc1C(=O)O. The van der Waals surface area contributed by atoms with Crippen LogP contribution in [-0.2, 0) is 13.6 Å². The molecule has 0 saturated heterocycles. The lowest BCUT2D eigenvalue weighted by Crippen LogP contribution is -2.26. The van der Waals surface area contributed by atoms with Crippen molar-refractivity contribution in [3.63, 3.8) is 0 Å². The number of rotatable bonds is 7. The number of carbonyl (C=O) groups is 3. The van der Waals surface area contributed by atoms with Crippen LogP contribution in [0.1, 0.15) is 51.6 Å². The quantitative estimate of drug-likeness (QED) is 0.676. The number of hydrogen-bond donors (Lipinski definition) is 3. The summed E-state index contributed by atoms with van der Waals surface area (Å²) in [5.41, 5.74) is -0.196. The Labute approximate surface area is 143 Å². The standard InChI is InChI=1S/C15H20N6O4/c1-4-6-16-13(22)12-10(8-21(5-2)19-12)17-14(23)11-9(15(24)25)7-20(3)18-11/h7-8H,4-6H2,1-3H3,(H,16,22)(H,17,23)(H,24,25). The van der Waals surface area contributed by atoms with Gasteiger partial charge < -0.3 is 15.7 Å². The number of amides is 2. The van der Waals surface area contributed by atoms with Crippen LogP contribution < -0.4 is 10.6 Å². The third kappa shape index (κ3) is 4.03. The Bertz CT molecular complexity index is 807. The number of aryl methyl sites for hydroxylation is 2. The number of hydrogen-bond acceptors (Lipinski definition) is 5. The maximum atomic E-state index is 12.4. The number of nitrogens with one attached hydrogen (secondary N) is 2. The van der Waals surface area contributed by atoms with E-state index in [-0.39, 0.29) is 22.6 Å². The second kappa shape index (κ2) is 7.60. The van der Waals surface area contributed by atoms with Crippen LogP contribution in [0.4, 0.5) is 5.69 Å². The summed E-state index contributed by atoms with van der Waals surface area (Å²) in [6, 6.07) is 0. The van der Waals surface area contributed by atoms with Crippen LogP contribution in [0.15, 0.2) is 12.4 Å². The molecule has 0 atom stereocenters. The molecule has 0 bridgehead atoms. The van der Waals surface area contributed by atoms with E-state index in [4.69, 9.17) is 5.11 Å². The minimum absolute atomic E-state index is 0.0662. The lowest BCUT2D eigenvalue weighted by molar-refractivity contribution is 0.0692. The Morgan fingerprint density at radius 3 is 2.44 bits per heavy atom. The molecular weight excluding hydrogens is 328 g/mol. The van der Waals surface area contributed by atoms with E-state index in [0.29, 0.717) is 13.1 Å². The number of aromatic nitrogens is 4. The van der Waals surface area contributed by atoms with Gasteiger partial charge in [0.15, 0.2) is 11.4 Å². The highest BCUT2D eigenvalue weighted by Gasteiger charge is 2.24. The molecule has 0 fully saturated rings. The summed E-state index contributed by atoms with van der Waals surface area (Å²) in [4.78, 5) is 35.8. The van der Waals surface area contributed by atoms with Gasteiger partial charge in [-0.1, -0.05) is 6.92 Å². The Hall–Kier alpha value is -3.17. The highest BCUT2D eigenvalue weighted by molar-refractivity contribution is 6.11. The zero-order valence-corrected chi connectivity index (χ0v) is 14.2. The van der Waals surface area contributed by atoms with Crippen LogP contribution in [-0.4, -0.2) is 49.0 Å². The molecule has 0 aromatic carbocycles. The average Bonchev–Trinajstić information content (AvgIpc) is 3.16. The van der Waals surface area contributed by atoms with Gasteiger partial charge in [-0.25, -0.2) is 4.79 Å². The molecular formula is C15H20N6O4. The fraction of sp³-hybridized carbons (Fsp3) is 0.400. The van der Waals surface area contributed by atoms with Gasteiger partial charge in [0.05, 0.1) is 5.69 Å². The van der Waals surface area contributed by atoms with Crippen molar-refractivity contribution in [1.29, 1.82) is 0 Å². The molecule has 10 heteroatoms. The van der Waals surface area contributed by atoms with Gasteiger partial charge in [-0.05, 0) is 13.3 Å². The summed E-state index contributed by atoms with van der Waals surface area (Å²) in [6.07, 6.45) is 3.52. The maximum absolute atomic E-state index is 12.4. The third-order valence-electron chi connectivity index (χ3n) is 3.36. The molecule has 134 valence electrons. The normalized spacial score (nSPS) is 10.5. The van der Waals surface area contributed by atoms with Crippen molar-refractivity contribution in [2.24, 2.45) is 7.05 Å². The summed E-state index contributed by atoms with van der Waals surface area (Å²) < 4.78 is 2.75. The predicted octanol–water partition coefficient (Wildman–Crippen LogP) is 0.727. The number of nitrogens with zero attached hydrogens (tertiary/aromatic N) is 4. The summed E-state index contributed by atoms with van der Waals surface area (Å²) >= 11 is 0. The van der Waals surface area contributed by atoms with Gasteiger partial charge in [-0.2, -0.15) is 10.2 Å². The van der Waals surface area contributed by atoms with Crippen LogP contribution in [0.3, 0.4) is 0 Å². The summed E-state index contributed by atoms with van der Waals surface area (Å²) in [5, 5.41) is 22.4. The summed E-state index contributed by atoms with van der Waals surface area (Å²) in [6.45, 7) is 4.75. The zero-order valence-electron chi connectivity index (χ0n) is 14.2. The van der Waals surface area contributed by atoms with Gasteiger partial charge in [-0.3, -0.25) is 19.0 Å². The molecule has 25 heavy (non-hydrogen) atoms. The minimum atomic E-state index is -1.26. The van der Waals surface area contributed by atoms with Gasteiger partial charge in [0.25, 0.3) is 11.8 Å². The first-order valence-corrected chi connectivity index (χ1v) is 7.81. The van der Waals surface area contributed by atoms with Gasteiger partial charge in [0, 0.05) is 32.5 Å². The Balaban J connectivity index is 2.30. The molecule has 0 unspecified atom stereocenters. The molecule has 2 aromatic heterocycles. The van der Waals surface area contributed by atoms with E-state index < -0.39 is 17.8 Å². The van der Waals surface area contributed by atoms with Crippen molar-refractivity contribution in [1.82, 2.24) is 24.9 Å². The molecule has 0 aliphatic rings. The van der Waals surface area contributed by atoms with E-state index in [2.05, 4.69) is 20.8 Å². The third-order valence-corrected chi connectivity index (χ3v) is 3.36. The van der Waals surface area contributed by atoms with Crippen molar-refractivity contribution in [2.45, 2.75) is 26.8 Å². The molecule has 2 amide bonds. The van der Waals surface area contributed by atoms with Gasteiger partial charge in [-0.15, -0.1) is 0 Å². The van der Waals surface area contributed by atoms with Crippen molar-refractivity contribution >= 4 is 23.5 Å². The second-order valence-corrected chi connectivity index (χ2v) is 5.33. The lowest BCUT2D eigenvalue weighted by Gasteiger charge is -2.05. The first-order valence-electron chi connectivity index (χ1n) is 7.81. The first kappa shape index (κ1) is 18.2. The van der Waals surface area contributed by atoms with Crippen LogP contribution in [0.25, 0.3) is 0 Å². The first-order chi connectivity index (χ1) is 11.9. The van der Waals surface area contributed by atoms with Crippen LogP contribution in [0.5, 0.6) is 0 Å². The smallest absolute Gasteiger partial charge is 0.339 e.